The molecule has 0 bridgehead atoms. The molecule has 0 aliphatic heterocycles. The van der Waals surface area contributed by atoms with E-state index in [9.17, 15) is 0 Å². The molecule has 2 aromatic rings. The van der Waals surface area contributed by atoms with Crippen LogP contribution < -0.4 is 14.8 Å². The van der Waals surface area contributed by atoms with Gasteiger partial charge in [-0.3, -0.25) is 0 Å². The van der Waals surface area contributed by atoms with Crippen LogP contribution in [0.15, 0.2) is 42.5 Å². The quantitative estimate of drug-likeness (QED) is 0.266. The van der Waals surface area contributed by atoms with Crippen molar-refractivity contribution < 1.29 is 9.47 Å². The van der Waals surface area contributed by atoms with Crippen molar-refractivity contribution in [1.29, 1.82) is 0 Å². The molecule has 0 saturated carbocycles. The van der Waals surface area contributed by atoms with E-state index in [1.807, 2.05) is 43.3 Å². The van der Waals surface area contributed by atoms with Crippen molar-refractivity contribution in [2.24, 2.45) is 0 Å². The number of ether oxygens (including phenoxy) is 2. The van der Waals surface area contributed by atoms with E-state index < -0.39 is 0 Å². The molecule has 0 atom stereocenters. The van der Waals surface area contributed by atoms with Crippen LogP contribution >= 0.6 is 11.6 Å². The molecule has 2 aromatic carbocycles. The number of nitrogens with one attached hydrogen (secondary N) is 1. The number of rotatable bonds is 17. The van der Waals surface area contributed by atoms with Crippen LogP contribution in [0.2, 0.25) is 5.02 Å². The summed E-state index contributed by atoms with van der Waals surface area (Å²) in [6, 6.07) is 13.9. The van der Waals surface area contributed by atoms with Crippen LogP contribution in [0.25, 0.3) is 0 Å². The molecule has 0 amide bonds. The molecule has 0 saturated heterocycles. The van der Waals surface area contributed by atoms with Crippen molar-refractivity contribution in [3.05, 3.63) is 58.6 Å². The van der Waals surface area contributed by atoms with Crippen molar-refractivity contribution in [2.75, 3.05) is 32.8 Å². The number of halogens is 1. The molecule has 0 aliphatic rings. The maximum absolute atomic E-state index is 6.31. The molecule has 0 unspecified atom stereocenters. The normalized spacial score (nSPS) is 11.2. The predicted molar refractivity (Wildman–Crippen MR) is 136 cm³/mol. The van der Waals surface area contributed by atoms with Crippen molar-refractivity contribution in [3.8, 4) is 11.5 Å². The van der Waals surface area contributed by atoms with E-state index in [-0.39, 0.29) is 0 Å². The zero-order chi connectivity index (χ0) is 23.0. The summed E-state index contributed by atoms with van der Waals surface area (Å²) in [5.74, 6) is 1.58. The summed E-state index contributed by atoms with van der Waals surface area (Å²) < 4.78 is 12.1. The summed E-state index contributed by atoms with van der Waals surface area (Å²) in [4.78, 5) is 2.61. The predicted octanol–water partition coefficient (Wildman–Crippen LogP) is 6.70. The molecular weight excluding hydrogens is 420 g/mol. The molecule has 0 heterocycles. The Morgan fingerprint density at radius 1 is 0.812 bits per heavy atom. The third-order valence-electron chi connectivity index (χ3n) is 5.49. The van der Waals surface area contributed by atoms with Crippen LogP contribution in [0.1, 0.15) is 64.0 Å². The van der Waals surface area contributed by atoms with E-state index in [1.54, 1.807) is 0 Å². The lowest BCUT2D eigenvalue weighted by atomic mass is 10.1. The summed E-state index contributed by atoms with van der Waals surface area (Å²) >= 11 is 6.31. The average Bonchev–Trinajstić information content (AvgIpc) is 2.80. The first kappa shape index (κ1) is 26.5. The van der Waals surface area contributed by atoms with Crippen LogP contribution in [0.3, 0.4) is 0 Å². The Morgan fingerprint density at radius 3 is 2.19 bits per heavy atom. The van der Waals surface area contributed by atoms with Crippen molar-refractivity contribution >= 4 is 11.6 Å². The molecule has 178 valence electrons. The van der Waals surface area contributed by atoms with Crippen LogP contribution in [-0.2, 0) is 13.2 Å². The summed E-state index contributed by atoms with van der Waals surface area (Å²) in [6.07, 6.45) is 6.23. The second-order valence-corrected chi connectivity index (χ2v) is 8.54. The van der Waals surface area contributed by atoms with Gasteiger partial charge in [0, 0.05) is 22.7 Å². The fourth-order valence-electron chi connectivity index (χ4n) is 3.65. The zero-order valence-corrected chi connectivity index (χ0v) is 20.9. The molecule has 0 fully saturated rings. The maximum atomic E-state index is 6.31. The monoisotopic (exact) mass is 460 g/mol. The molecule has 0 spiro atoms. The van der Waals surface area contributed by atoms with Gasteiger partial charge in [0.05, 0.1) is 6.61 Å². The van der Waals surface area contributed by atoms with Gasteiger partial charge >= 0.3 is 0 Å². The highest BCUT2D eigenvalue weighted by molar-refractivity contribution is 6.31. The smallest absolute Gasteiger partial charge is 0.166 e. The lowest BCUT2D eigenvalue weighted by molar-refractivity contribution is 0.259. The van der Waals surface area contributed by atoms with Crippen molar-refractivity contribution in [3.63, 3.8) is 0 Å². The minimum Gasteiger partial charge on any atom is -0.490 e. The molecule has 2 rings (SSSR count). The average molecular weight is 461 g/mol. The first-order valence-corrected chi connectivity index (χ1v) is 12.6. The molecule has 5 heteroatoms. The number of unbranched alkanes of at least 4 members (excludes halogenated alkanes) is 2. The number of benzene rings is 2. The van der Waals surface area contributed by atoms with Crippen LogP contribution in [0.5, 0.6) is 11.5 Å². The third kappa shape index (κ3) is 9.40. The minimum atomic E-state index is 0.417. The molecule has 4 nitrogen and oxygen atoms in total. The Hall–Kier alpha value is -1.75. The van der Waals surface area contributed by atoms with Crippen LogP contribution in [0.4, 0.5) is 0 Å². The van der Waals surface area contributed by atoms with Gasteiger partial charge in [0.25, 0.3) is 0 Å². The van der Waals surface area contributed by atoms with Gasteiger partial charge in [0.1, 0.15) is 6.61 Å². The van der Waals surface area contributed by atoms with Crippen molar-refractivity contribution in [2.45, 2.75) is 66.0 Å². The standard InChI is InChI=1S/C27H41ClN2O2/c1-4-7-18-30(19-8-5-2)20-12-17-29-21-23-14-11-16-26(31-6-3)27(23)32-22-24-13-9-10-15-25(24)28/h9-11,13-16,29H,4-8,12,17-22H2,1-3H3. The number of hydrogen-bond donors (Lipinski definition) is 1. The van der Waals surface area contributed by atoms with Gasteiger partial charge in [-0.1, -0.05) is 68.6 Å². The lowest BCUT2D eigenvalue weighted by Crippen LogP contribution is -2.29. The molecule has 0 aromatic heterocycles. The number of para-hydroxylation sites is 1. The Bertz CT molecular complexity index is 761. The molecule has 0 aliphatic carbocycles. The van der Waals surface area contributed by atoms with Crippen molar-refractivity contribution in [1.82, 2.24) is 10.2 Å². The first-order valence-electron chi connectivity index (χ1n) is 12.2. The number of nitrogens with zero attached hydrogens (tertiary/aromatic N) is 1. The van der Waals surface area contributed by atoms with Gasteiger partial charge in [0.15, 0.2) is 11.5 Å². The zero-order valence-electron chi connectivity index (χ0n) is 20.2. The topological polar surface area (TPSA) is 33.7 Å². The molecule has 32 heavy (non-hydrogen) atoms. The van der Waals surface area contributed by atoms with Crippen LogP contribution in [-0.4, -0.2) is 37.7 Å². The Kier molecular flexibility index (Phi) is 13.2. The fraction of sp³-hybridized carbons (Fsp3) is 0.556. The van der Waals surface area contributed by atoms with Crippen LogP contribution in [0, 0.1) is 0 Å². The van der Waals surface area contributed by atoms with E-state index >= 15 is 0 Å². The highest BCUT2D eigenvalue weighted by Crippen LogP contribution is 2.32. The van der Waals surface area contributed by atoms with E-state index in [2.05, 4.69) is 30.1 Å². The van der Waals surface area contributed by atoms with Gasteiger partial charge in [-0.15, -0.1) is 0 Å². The molecular formula is C27H41ClN2O2. The lowest BCUT2D eigenvalue weighted by Gasteiger charge is -2.22. The van der Waals surface area contributed by atoms with E-state index in [4.69, 9.17) is 21.1 Å². The molecule has 1 N–H and O–H groups in total. The second-order valence-electron chi connectivity index (χ2n) is 8.14. The van der Waals surface area contributed by atoms with Gasteiger partial charge in [0.2, 0.25) is 0 Å². The maximum Gasteiger partial charge on any atom is 0.166 e. The highest BCUT2D eigenvalue weighted by Gasteiger charge is 2.12. The Labute approximate surface area is 200 Å². The fourth-order valence-corrected chi connectivity index (χ4v) is 3.84. The van der Waals surface area contributed by atoms with Gasteiger partial charge in [-0.2, -0.15) is 0 Å². The SMILES string of the molecule is CCCCN(CCCC)CCCNCc1cccc(OCC)c1OCc1ccccc1Cl. The van der Waals surface area contributed by atoms with E-state index in [0.29, 0.717) is 13.2 Å². The van der Waals surface area contributed by atoms with E-state index in [1.165, 1.54) is 38.8 Å². The third-order valence-corrected chi connectivity index (χ3v) is 5.86. The second kappa shape index (κ2) is 16.0. The largest absolute Gasteiger partial charge is 0.490 e. The van der Waals surface area contributed by atoms with E-state index in [0.717, 1.165) is 53.7 Å². The first-order chi connectivity index (χ1) is 15.7. The Morgan fingerprint density at radius 2 is 1.50 bits per heavy atom. The summed E-state index contributed by atoms with van der Waals surface area (Å²) in [5.41, 5.74) is 2.08. The minimum absolute atomic E-state index is 0.417. The summed E-state index contributed by atoms with van der Waals surface area (Å²) in [5, 5.41) is 4.32. The summed E-state index contributed by atoms with van der Waals surface area (Å²) in [7, 11) is 0. The highest BCUT2D eigenvalue weighted by atomic mass is 35.5. The summed E-state index contributed by atoms with van der Waals surface area (Å²) in [6.45, 7) is 12.9. The van der Waals surface area contributed by atoms with Gasteiger partial charge < -0.3 is 19.7 Å². The number of hydrogen-bond acceptors (Lipinski definition) is 4. The Balaban J connectivity index is 1.91. The van der Waals surface area contributed by atoms with Gasteiger partial charge in [-0.25, -0.2) is 0 Å². The molecule has 0 radical (unpaired) electrons. The van der Waals surface area contributed by atoms with Gasteiger partial charge in [-0.05, 0) is 64.5 Å².